The second kappa shape index (κ2) is 8.49. The van der Waals surface area contributed by atoms with Crippen LogP contribution >= 0.6 is 11.8 Å². The first-order valence-electron chi connectivity index (χ1n) is 8.28. The number of fused-ring (bicyclic) bond motifs is 1. The van der Waals surface area contributed by atoms with Gasteiger partial charge in [-0.15, -0.1) is 11.8 Å². The van der Waals surface area contributed by atoms with Crippen LogP contribution in [0.4, 0.5) is 0 Å². The molecular formula is C20H19N3O2S. The van der Waals surface area contributed by atoms with Crippen molar-refractivity contribution in [3.63, 3.8) is 0 Å². The maximum Gasteiger partial charge on any atom is 0.250 e. The van der Waals surface area contributed by atoms with Crippen molar-refractivity contribution < 1.29 is 9.90 Å². The molecule has 0 atom stereocenters. The molecule has 2 N–H and O–H groups in total. The van der Waals surface area contributed by atoms with Gasteiger partial charge in [0.15, 0.2) is 0 Å². The van der Waals surface area contributed by atoms with Gasteiger partial charge in [-0.3, -0.25) is 9.78 Å². The van der Waals surface area contributed by atoms with Gasteiger partial charge < -0.3 is 5.11 Å². The summed E-state index contributed by atoms with van der Waals surface area (Å²) in [6.45, 7) is 1.97. The Bertz CT molecular complexity index is 934. The molecule has 0 bridgehead atoms. The zero-order chi connectivity index (χ0) is 18.4. The van der Waals surface area contributed by atoms with Crippen molar-refractivity contribution in [3.8, 4) is 5.75 Å². The minimum Gasteiger partial charge on any atom is -0.508 e. The Labute approximate surface area is 156 Å². The molecule has 1 amide bonds. The Hall–Kier alpha value is -2.86. The van der Waals surface area contributed by atoms with Crippen LogP contribution in [0.15, 0.2) is 70.8 Å². The number of aromatic nitrogens is 1. The molecule has 3 aromatic rings. The minimum absolute atomic E-state index is 0.173. The second-order valence-electron chi connectivity index (χ2n) is 5.61. The molecule has 0 aliphatic heterocycles. The molecule has 1 heterocycles. The number of hydrogen-bond donors (Lipinski definition) is 2. The molecule has 0 saturated carbocycles. The number of phenolic OH excluding ortho intramolecular Hbond substituents is 1. The molecule has 3 rings (SSSR count). The summed E-state index contributed by atoms with van der Waals surface area (Å²) < 4.78 is 0. The molecule has 1 aromatic heterocycles. The number of carbonyl (C=O) groups excluding carboxylic acids is 1. The van der Waals surface area contributed by atoms with Crippen molar-refractivity contribution in [1.82, 2.24) is 10.4 Å². The number of para-hydroxylation sites is 1. The highest BCUT2D eigenvalue weighted by molar-refractivity contribution is 8.00. The maximum absolute atomic E-state index is 12.2. The van der Waals surface area contributed by atoms with Gasteiger partial charge in [-0.2, -0.15) is 5.10 Å². The van der Waals surface area contributed by atoms with E-state index in [2.05, 4.69) is 15.5 Å². The van der Waals surface area contributed by atoms with Crippen molar-refractivity contribution in [2.45, 2.75) is 18.2 Å². The molecule has 6 heteroatoms. The Kier molecular flexibility index (Phi) is 5.86. The fourth-order valence-electron chi connectivity index (χ4n) is 2.50. The van der Waals surface area contributed by atoms with Crippen LogP contribution in [0.2, 0.25) is 0 Å². The van der Waals surface area contributed by atoms with Gasteiger partial charge in [0.05, 0.1) is 17.0 Å². The lowest BCUT2D eigenvalue weighted by Crippen LogP contribution is -2.21. The van der Waals surface area contributed by atoms with Gasteiger partial charge in [0.1, 0.15) is 5.75 Å². The number of phenols is 1. The average molecular weight is 365 g/mol. The number of hydrogen-bond acceptors (Lipinski definition) is 5. The van der Waals surface area contributed by atoms with Gasteiger partial charge >= 0.3 is 0 Å². The van der Waals surface area contributed by atoms with Crippen molar-refractivity contribution in [2.75, 3.05) is 5.75 Å². The lowest BCUT2D eigenvalue weighted by atomic mass is 10.1. The number of benzene rings is 2. The molecule has 0 aliphatic carbocycles. The third kappa shape index (κ3) is 4.40. The quantitative estimate of drug-likeness (QED) is 0.394. The van der Waals surface area contributed by atoms with Crippen LogP contribution in [0, 0.1) is 0 Å². The van der Waals surface area contributed by atoms with Crippen LogP contribution in [0.3, 0.4) is 0 Å². The summed E-state index contributed by atoms with van der Waals surface area (Å²) in [4.78, 5) is 17.5. The summed E-state index contributed by atoms with van der Waals surface area (Å²) in [7, 11) is 0. The smallest absolute Gasteiger partial charge is 0.250 e. The molecule has 0 fully saturated rings. The number of thioether (sulfide) groups is 1. The second-order valence-corrected chi connectivity index (χ2v) is 6.63. The van der Waals surface area contributed by atoms with Crippen LogP contribution in [0.5, 0.6) is 5.75 Å². The van der Waals surface area contributed by atoms with Gasteiger partial charge in [0.2, 0.25) is 5.91 Å². The molecule has 5 nitrogen and oxygen atoms in total. The number of nitrogens with one attached hydrogen (secondary N) is 1. The van der Waals surface area contributed by atoms with Crippen molar-refractivity contribution in [2.24, 2.45) is 5.10 Å². The van der Waals surface area contributed by atoms with Crippen LogP contribution in [0.1, 0.15) is 18.9 Å². The SMILES string of the molecule is CC/C(=N\NC(=O)CSc1cccc2cccnc12)c1ccc(O)cc1. The summed E-state index contributed by atoms with van der Waals surface area (Å²) in [6, 6.07) is 16.6. The maximum atomic E-state index is 12.2. The largest absolute Gasteiger partial charge is 0.508 e. The summed E-state index contributed by atoms with van der Waals surface area (Å²) in [5.74, 6) is 0.284. The highest BCUT2D eigenvalue weighted by Crippen LogP contribution is 2.25. The van der Waals surface area contributed by atoms with Crippen LogP contribution in [-0.4, -0.2) is 27.5 Å². The number of rotatable bonds is 6. The summed E-state index contributed by atoms with van der Waals surface area (Å²) in [5, 5.41) is 14.6. The summed E-state index contributed by atoms with van der Waals surface area (Å²) in [6.07, 6.45) is 2.42. The zero-order valence-corrected chi connectivity index (χ0v) is 15.2. The summed E-state index contributed by atoms with van der Waals surface area (Å²) in [5.41, 5.74) is 5.14. The molecule has 0 spiro atoms. The van der Waals surface area contributed by atoms with Gasteiger partial charge in [-0.05, 0) is 48.4 Å². The van der Waals surface area contributed by atoms with Crippen LogP contribution in [0.25, 0.3) is 10.9 Å². The van der Waals surface area contributed by atoms with Gasteiger partial charge in [-0.25, -0.2) is 5.43 Å². The van der Waals surface area contributed by atoms with Crippen LogP contribution < -0.4 is 5.43 Å². The molecule has 0 unspecified atom stereocenters. The van der Waals surface area contributed by atoms with Crippen molar-refractivity contribution >= 4 is 34.3 Å². The molecule has 132 valence electrons. The Balaban J connectivity index is 1.64. The lowest BCUT2D eigenvalue weighted by molar-refractivity contribution is -0.118. The third-order valence-corrected chi connectivity index (χ3v) is 4.85. The summed E-state index contributed by atoms with van der Waals surface area (Å²) >= 11 is 1.44. The number of aromatic hydroxyl groups is 1. The topological polar surface area (TPSA) is 74.6 Å². The number of carbonyl (C=O) groups is 1. The predicted octanol–water partition coefficient (Wildman–Crippen LogP) is 3.96. The molecule has 0 saturated heterocycles. The first-order chi connectivity index (χ1) is 12.7. The monoisotopic (exact) mass is 365 g/mol. The standard InChI is InChI=1S/C20H19N3O2S/c1-2-17(14-8-10-16(24)11-9-14)22-23-19(25)13-26-18-7-3-5-15-6-4-12-21-20(15)18/h3-12,24H,2,13H2,1H3,(H,23,25)/b22-17+. The predicted molar refractivity (Wildman–Crippen MR) is 106 cm³/mol. The van der Waals surface area contributed by atoms with E-state index in [-0.39, 0.29) is 17.4 Å². The normalized spacial score (nSPS) is 11.5. The third-order valence-electron chi connectivity index (χ3n) is 3.81. The average Bonchev–Trinajstić information content (AvgIpc) is 2.68. The Morgan fingerprint density at radius 3 is 2.69 bits per heavy atom. The number of pyridine rings is 1. The molecule has 26 heavy (non-hydrogen) atoms. The highest BCUT2D eigenvalue weighted by atomic mass is 32.2. The molecular weight excluding hydrogens is 346 g/mol. The fraction of sp³-hybridized carbons (Fsp3) is 0.150. The molecule has 0 radical (unpaired) electrons. The van der Waals surface area contributed by atoms with E-state index in [9.17, 15) is 9.90 Å². The van der Waals surface area contributed by atoms with E-state index in [1.165, 1.54) is 11.8 Å². The van der Waals surface area contributed by atoms with E-state index in [0.29, 0.717) is 6.42 Å². The van der Waals surface area contributed by atoms with Crippen molar-refractivity contribution in [3.05, 3.63) is 66.4 Å². The van der Waals surface area contributed by atoms with Gasteiger partial charge in [0, 0.05) is 16.5 Å². The number of nitrogens with zero attached hydrogens (tertiary/aromatic N) is 2. The zero-order valence-electron chi connectivity index (χ0n) is 14.3. The van der Waals surface area contributed by atoms with E-state index >= 15 is 0 Å². The van der Waals surface area contributed by atoms with E-state index in [0.717, 1.165) is 27.1 Å². The van der Waals surface area contributed by atoms with Crippen LogP contribution in [-0.2, 0) is 4.79 Å². The Morgan fingerprint density at radius 1 is 1.15 bits per heavy atom. The van der Waals surface area contributed by atoms with E-state index in [1.54, 1.807) is 30.5 Å². The minimum atomic E-state index is -0.173. The number of hydrazone groups is 1. The highest BCUT2D eigenvalue weighted by Gasteiger charge is 2.07. The number of amides is 1. The van der Waals surface area contributed by atoms with E-state index in [4.69, 9.17) is 0 Å². The van der Waals surface area contributed by atoms with E-state index < -0.39 is 0 Å². The van der Waals surface area contributed by atoms with E-state index in [1.807, 2.05) is 37.3 Å². The molecule has 2 aromatic carbocycles. The first-order valence-corrected chi connectivity index (χ1v) is 9.27. The Morgan fingerprint density at radius 2 is 1.92 bits per heavy atom. The molecule has 0 aliphatic rings. The fourth-order valence-corrected chi connectivity index (χ4v) is 3.33. The first kappa shape index (κ1) is 17.9. The lowest BCUT2D eigenvalue weighted by Gasteiger charge is -2.07. The van der Waals surface area contributed by atoms with Gasteiger partial charge in [-0.1, -0.05) is 25.1 Å². The van der Waals surface area contributed by atoms with Gasteiger partial charge in [0.25, 0.3) is 0 Å². The van der Waals surface area contributed by atoms with Crippen molar-refractivity contribution in [1.29, 1.82) is 0 Å².